The Bertz CT molecular complexity index is 441. The largest absolute Gasteiger partial charge is 0.505 e. The first-order valence-corrected chi connectivity index (χ1v) is 6.16. The van der Waals surface area contributed by atoms with E-state index in [1.807, 2.05) is 0 Å². The van der Waals surface area contributed by atoms with E-state index < -0.39 is 5.82 Å². The first-order valence-electron chi connectivity index (χ1n) is 6.16. The van der Waals surface area contributed by atoms with E-state index >= 15 is 0 Å². The predicted octanol–water partition coefficient (Wildman–Crippen LogP) is 2.98. The lowest BCUT2D eigenvalue weighted by atomic mass is 9.90. The predicted molar refractivity (Wildman–Crippen MR) is 64.8 cm³/mol. The number of carbonyl (C=O) groups is 1. The van der Waals surface area contributed by atoms with E-state index in [1.54, 1.807) is 12.1 Å². The van der Waals surface area contributed by atoms with Crippen LogP contribution in [0.5, 0.6) is 5.75 Å². The number of benzene rings is 1. The number of phenolic OH excluding ortho intramolecular Hbond substituents is 1. The van der Waals surface area contributed by atoms with Crippen LogP contribution in [0.2, 0.25) is 0 Å². The Morgan fingerprint density at radius 3 is 2.89 bits per heavy atom. The first kappa shape index (κ1) is 12.9. The molecule has 1 aromatic rings. The van der Waals surface area contributed by atoms with Gasteiger partial charge < -0.3 is 9.84 Å². The lowest BCUT2D eigenvalue weighted by Crippen LogP contribution is -2.11. The van der Waals surface area contributed by atoms with E-state index in [0.29, 0.717) is 11.5 Å². The average Bonchev–Trinajstić information content (AvgIpc) is 3.15. The summed E-state index contributed by atoms with van der Waals surface area (Å²) in [6.07, 6.45) is 3.21. The smallest absolute Gasteiger partial charge is 0.306 e. The zero-order valence-electron chi connectivity index (χ0n) is 10.4. The van der Waals surface area contributed by atoms with E-state index in [9.17, 15) is 14.3 Å². The number of rotatable bonds is 5. The fourth-order valence-electron chi connectivity index (χ4n) is 2.21. The molecule has 1 atom stereocenters. The summed E-state index contributed by atoms with van der Waals surface area (Å²) in [5.41, 5.74) is 0.410. The van der Waals surface area contributed by atoms with Crippen molar-refractivity contribution in [1.82, 2.24) is 0 Å². The molecule has 2 rings (SSSR count). The molecule has 4 heteroatoms. The van der Waals surface area contributed by atoms with Crippen molar-refractivity contribution in [2.24, 2.45) is 5.92 Å². The molecule has 0 unspecified atom stereocenters. The van der Waals surface area contributed by atoms with Crippen LogP contribution in [0.3, 0.4) is 0 Å². The van der Waals surface area contributed by atoms with Crippen LogP contribution in [0.25, 0.3) is 0 Å². The van der Waals surface area contributed by atoms with Gasteiger partial charge in [0.25, 0.3) is 0 Å². The third-order valence-corrected chi connectivity index (χ3v) is 3.40. The Morgan fingerprint density at radius 1 is 1.56 bits per heavy atom. The molecular weight excluding hydrogens is 235 g/mol. The van der Waals surface area contributed by atoms with Crippen molar-refractivity contribution in [3.63, 3.8) is 0 Å². The van der Waals surface area contributed by atoms with Gasteiger partial charge in [0.1, 0.15) is 0 Å². The van der Waals surface area contributed by atoms with Crippen molar-refractivity contribution in [1.29, 1.82) is 0 Å². The second-order valence-electron chi connectivity index (χ2n) is 4.84. The number of hydrogen-bond acceptors (Lipinski definition) is 3. The maximum Gasteiger partial charge on any atom is 0.306 e. The minimum Gasteiger partial charge on any atom is -0.505 e. The molecule has 1 fully saturated rings. The first-order chi connectivity index (χ1) is 8.61. The number of methoxy groups -OCH3 is 1. The van der Waals surface area contributed by atoms with Gasteiger partial charge in [-0.1, -0.05) is 25.0 Å². The van der Waals surface area contributed by atoms with Crippen LogP contribution < -0.4 is 0 Å². The average molecular weight is 252 g/mol. The molecule has 0 bridgehead atoms. The maximum absolute atomic E-state index is 13.9. The molecule has 98 valence electrons. The molecule has 0 aromatic heterocycles. The van der Waals surface area contributed by atoms with Crippen LogP contribution in [-0.4, -0.2) is 18.2 Å². The van der Waals surface area contributed by atoms with Gasteiger partial charge in [-0.05, 0) is 29.9 Å². The summed E-state index contributed by atoms with van der Waals surface area (Å²) in [7, 11) is 1.33. The molecule has 1 saturated carbocycles. The summed E-state index contributed by atoms with van der Waals surface area (Å²) in [6.45, 7) is 0. The van der Waals surface area contributed by atoms with Gasteiger partial charge in [0, 0.05) is 0 Å². The van der Waals surface area contributed by atoms with E-state index in [-0.39, 0.29) is 24.1 Å². The molecule has 1 aromatic carbocycles. The third kappa shape index (κ3) is 3.00. The summed E-state index contributed by atoms with van der Waals surface area (Å²) in [5, 5.41) is 9.40. The molecule has 1 aliphatic rings. The minimum absolute atomic E-state index is 0.160. The SMILES string of the molecule is COC(=O)C[C@@H](CC1CC1)c1cccc(O)c1F. The Morgan fingerprint density at radius 2 is 2.28 bits per heavy atom. The number of ether oxygens (including phenoxy) is 1. The second-order valence-corrected chi connectivity index (χ2v) is 4.84. The van der Waals surface area contributed by atoms with Crippen molar-refractivity contribution >= 4 is 5.97 Å². The van der Waals surface area contributed by atoms with Gasteiger partial charge >= 0.3 is 5.97 Å². The molecule has 0 radical (unpaired) electrons. The van der Waals surface area contributed by atoms with E-state index in [1.165, 1.54) is 13.2 Å². The van der Waals surface area contributed by atoms with Crippen LogP contribution >= 0.6 is 0 Å². The number of aromatic hydroxyl groups is 1. The number of phenols is 1. The molecule has 18 heavy (non-hydrogen) atoms. The molecule has 0 saturated heterocycles. The second kappa shape index (κ2) is 5.38. The fraction of sp³-hybridized carbons (Fsp3) is 0.500. The van der Waals surface area contributed by atoms with E-state index in [2.05, 4.69) is 4.74 Å². The summed E-state index contributed by atoms with van der Waals surface area (Å²) in [6, 6.07) is 4.54. The molecule has 0 spiro atoms. The normalized spacial score (nSPS) is 16.3. The minimum atomic E-state index is -0.618. The Labute approximate surface area is 106 Å². The standard InChI is InChI=1S/C14H17FO3/c1-18-13(17)8-10(7-9-5-6-9)11-3-2-4-12(16)14(11)15/h2-4,9-10,16H,5-8H2,1H3/t10-/m1/s1. The van der Waals surface area contributed by atoms with Crippen LogP contribution in [0.4, 0.5) is 4.39 Å². The van der Waals surface area contributed by atoms with Gasteiger partial charge in [0.15, 0.2) is 11.6 Å². The van der Waals surface area contributed by atoms with Gasteiger partial charge in [-0.3, -0.25) is 4.79 Å². The third-order valence-electron chi connectivity index (χ3n) is 3.40. The Hall–Kier alpha value is -1.58. The van der Waals surface area contributed by atoms with Gasteiger partial charge in [0.2, 0.25) is 0 Å². The Balaban J connectivity index is 2.20. The maximum atomic E-state index is 13.9. The quantitative estimate of drug-likeness (QED) is 0.819. The molecule has 0 aliphatic heterocycles. The highest BCUT2D eigenvalue weighted by molar-refractivity contribution is 5.70. The zero-order chi connectivity index (χ0) is 13.1. The van der Waals surface area contributed by atoms with E-state index in [4.69, 9.17) is 0 Å². The van der Waals surface area contributed by atoms with Crippen molar-refractivity contribution in [3.8, 4) is 5.75 Å². The van der Waals surface area contributed by atoms with Gasteiger partial charge in [-0.2, -0.15) is 0 Å². The molecular formula is C14H17FO3. The van der Waals surface area contributed by atoms with Crippen LogP contribution in [-0.2, 0) is 9.53 Å². The molecule has 1 N–H and O–H groups in total. The number of carbonyl (C=O) groups excluding carboxylic acids is 1. The highest BCUT2D eigenvalue weighted by atomic mass is 19.1. The van der Waals surface area contributed by atoms with Crippen LogP contribution in [0.15, 0.2) is 18.2 Å². The lowest BCUT2D eigenvalue weighted by molar-refractivity contribution is -0.141. The lowest BCUT2D eigenvalue weighted by Gasteiger charge is -2.17. The number of halogens is 1. The topological polar surface area (TPSA) is 46.5 Å². The highest BCUT2D eigenvalue weighted by Crippen LogP contribution is 2.41. The summed E-state index contributed by atoms with van der Waals surface area (Å²) < 4.78 is 18.5. The van der Waals surface area contributed by atoms with Crippen molar-refractivity contribution < 1.29 is 19.0 Å². The molecule has 3 nitrogen and oxygen atoms in total. The van der Waals surface area contributed by atoms with E-state index in [0.717, 1.165) is 19.3 Å². The summed E-state index contributed by atoms with van der Waals surface area (Å²) in [5.74, 6) is -0.966. The highest BCUT2D eigenvalue weighted by Gasteiger charge is 2.29. The number of hydrogen-bond donors (Lipinski definition) is 1. The summed E-state index contributed by atoms with van der Waals surface area (Å²) >= 11 is 0. The zero-order valence-corrected chi connectivity index (χ0v) is 10.4. The van der Waals surface area contributed by atoms with Gasteiger partial charge in [-0.25, -0.2) is 4.39 Å². The van der Waals surface area contributed by atoms with Crippen molar-refractivity contribution in [2.45, 2.75) is 31.6 Å². The number of esters is 1. The summed E-state index contributed by atoms with van der Waals surface area (Å²) in [4.78, 5) is 11.4. The molecule has 0 heterocycles. The van der Waals surface area contributed by atoms with Gasteiger partial charge in [0.05, 0.1) is 13.5 Å². The van der Waals surface area contributed by atoms with Crippen molar-refractivity contribution in [3.05, 3.63) is 29.6 Å². The van der Waals surface area contributed by atoms with Crippen LogP contribution in [0.1, 0.15) is 37.2 Å². The van der Waals surface area contributed by atoms with Crippen LogP contribution in [0, 0.1) is 11.7 Å². The van der Waals surface area contributed by atoms with Crippen molar-refractivity contribution in [2.75, 3.05) is 7.11 Å². The van der Waals surface area contributed by atoms with Gasteiger partial charge in [-0.15, -0.1) is 0 Å². The fourth-order valence-corrected chi connectivity index (χ4v) is 2.21. The monoisotopic (exact) mass is 252 g/mol. The molecule has 0 amide bonds. The Kier molecular flexibility index (Phi) is 3.84. The molecule has 1 aliphatic carbocycles.